The number of carbonyl (C=O) groups excluding carboxylic acids is 2. The molecule has 2 heterocycles. The van der Waals surface area contributed by atoms with Crippen LogP contribution >= 0.6 is 0 Å². The summed E-state index contributed by atoms with van der Waals surface area (Å²) in [6.07, 6.45) is 1.32. The third-order valence-electron chi connectivity index (χ3n) is 5.11. The fourth-order valence-corrected chi connectivity index (χ4v) is 3.51. The molecule has 0 radical (unpaired) electrons. The summed E-state index contributed by atoms with van der Waals surface area (Å²) in [6, 6.07) is 10.1. The van der Waals surface area contributed by atoms with Crippen LogP contribution in [0.2, 0.25) is 0 Å². The molecule has 1 aromatic carbocycles. The molecule has 0 unspecified atom stereocenters. The monoisotopic (exact) mass is 428 g/mol. The second kappa shape index (κ2) is 9.45. The molecule has 1 saturated heterocycles. The summed E-state index contributed by atoms with van der Waals surface area (Å²) in [5, 5.41) is 0. The molecule has 1 fully saturated rings. The van der Waals surface area contributed by atoms with Crippen molar-refractivity contribution >= 4 is 11.9 Å². The number of aromatic nitrogens is 1. The number of likely N-dealkylation sites (tertiary alicyclic amines) is 1. The number of ether oxygens (including phenoxy) is 2. The first kappa shape index (κ1) is 22.7. The summed E-state index contributed by atoms with van der Waals surface area (Å²) in [5.74, 6) is -0.165. The van der Waals surface area contributed by atoms with E-state index in [2.05, 4.69) is 4.98 Å². The SMILES string of the molecule is CC(=O)c1ccc(COc2cccc(C3CCN(C(=O)OC(C)(C)C)CC3)n2)cc1F. The molecule has 1 aliphatic heterocycles. The molecule has 1 amide bonds. The Morgan fingerprint density at radius 2 is 1.87 bits per heavy atom. The maximum atomic E-state index is 14.0. The van der Waals surface area contributed by atoms with Crippen molar-refractivity contribution in [2.45, 2.75) is 58.7 Å². The summed E-state index contributed by atoms with van der Waals surface area (Å²) in [6.45, 7) is 8.31. The summed E-state index contributed by atoms with van der Waals surface area (Å²) in [4.78, 5) is 29.9. The predicted octanol–water partition coefficient (Wildman–Crippen LogP) is 5.12. The van der Waals surface area contributed by atoms with Crippen LogP contribution in [0.1, 0.15) is 68.1 Å². The fraction of sp³-hybridized carbons (Fsp3) is 0.458. The van der Waals surface area contributed by atoms with Gasteiger partial charge in [0.15, 0.2) is 5.78 Å². The zero-order chi connectivity index (χ0) is 22.6. The number of nitrogens with zero attached hydrogens (tertiary/aromatic N) is 2. The molecule has 166 valence electrons. The van der Waals surface area contributed by atoms with Crippen molar-refractivity contribution < 1.29 is 23.5 Å². The van der Waals surface area contributed by atoms with Gasteiger partial charge in [0, 0.05) is 30.8 Å². The molecule has 0 N–H and O–H groups in total. The first-order valence-corrected chi connectivity index (χ1v) is 10.5. The van der Waals surface area contributed by atoms with E-state index >= 15 is 0 Å². The molecule has 1 aliphatic rings. The second-order valence-corrected chi connectivity index (χ2v) is 8.80. The number of piperidine rings is 1. The van der Waals surface area contributed by atoms with Crippen molar-refractivity contribution in [3.8, 4) is 5.88 Å². The van der Waals surface area contributed by atoms with Crippen molar-refractivity contribution in [2.24, 2.45) is 0 Å². The number of hydrogen-bond acceptors (Lipinski definition) is 5. The van der Waals surface area contributed by atoms with Gasteiger partial charge in [0.05, 0.1) is 5.56 Å². The normalized spacial score (nSPS) is 14.9. The molecule has 0 atom stereocenters. The van der Waals surface area contributed by atoms with E-state index < -0.39 is 11.4 Å². The molecule has 6 nitrogen and oxygen atoms in total. The summed E-state index contributed by atoms with van der Waals surface area (Å²) in [5.41, 5.74) is 1.11. The summed E-state index contributed by atoms with van der Waals surface area (Å²) >= 11 is 0. The number of amides is 1. The third kappa shape index (κ3) is 6.26. The van der Waals surface area contributed by atoms with Crippen molar-refractivity contribution in [2.75, 3.05) is 13.1 Å². The van der Waals surface area contributed by atoms with Crippen LogP contribution in [0.25, 0.3) is 0 Å². The topological polar surface area (TPSA) is 68.7 Å². The van der Waals surface area contributed by atoms with Gasteiger partial charge >= 0.3 is 6.09 Å². The van der Waals surface area contributed by atoms with Crippen LogP contribution in [0.3, 0.4) is 0 Å². The Kier molecular flexibility index (Phi) is 6.93. The smallest absolute Gasteiger partial charge is 0.410 e. The van der Waals surface area contributed by atoms with E-state index in [4.69, 9.17) is 9.47 Å². The van der Waals surface area contributed by atoms with Crippen molar-refractivity contribution in [1.82, 2.24) is 9.88 Å². The van der Waals surface area contributed by atoms with E-state index in [0.29, 0.717) is 24.5 Å². The number of halogens is 1. The zero-order valence-corrected chi connectivity index (χ0v) is 18.5. The van der Waals surface area contributed by atoms with Crippen LogP contribution < -0.4 is 4.74 Å². The average Bonchev–Trinajstić information content (AvgIpc) is 2.71. The molecular weight excluding hydrogens is 399 g/mol. The van der Waals surface area contributed by atoms with Crippen LogP contribution in [-0.2, 0) is 11.3 Å². The highest BCUT2D eigenvalue weighted by Crippen LogP contribution is 2.28. The highest BCUT2D eigenvalue weighted by atomic mass is 19.1. The van der Waals surface area contributed by atoms with Crippen LogP contribution in [0.15, 0.2) is 36.4 Å². The lowest BCUT2D eigenvalue weighted by molar-refractivity contribution is 0.0203. The van der Waals surface area contributed by atoms with Gasteiger partial charge in [0.25, 0.3) is 0 Å². The predicted molar refractivity (Wildman–Crippen MR) is 115 cm³/mol. The van der Waals surface area contributed by atoms with Gasteiger partial charge < -0.3 is 14.4 Å². The lowest BCUT2D eigenvalue weighted by Crippen LogP contribution is -2.41. The van der Waals surface area contributed by atoms with Gasteiger partial charge in [0.1, 0.15) is 18.0 Å². The molecule has 1 aromatic heterocycles. The first-order valence-electron chi connectivity index (χ1n) is 10.5. The Morgan fingerprint density at radius 1 is 1.16 bits per heavy atom. The first-order chi connectivity index (χ1) is 14.6. The molecule has 0 spiro atoms. The molecule has 31 heavy (non-hydrogen) atoms. The number of ketones is 1. The van der Waals surface area contributed by atoms with Crippen LogP contribution in [0.4, 0.5) is 9.18 Å². The number of rotatable bonds is 5. The van der Waals surface area contributed by atoms with Gasteiger partial charge in [-0.2, -0.15) is 0 Å². The Morgan fingerprint density at radius 3 is 2.48 bits per heavy atom. The van der Waals surface area contributed by atoms with Crippen molar-refractivity contribution in [3.63, 3.8) is 0 Å². The number of carbonyl (C=O) groups is 2. The van der Waals surface area contributed by atoms with Crippen molar-refractivity contribution in [1.29, 1.82) is 0 Å². The van der Waals surface area contributed by atoms with Gasteiger partial charge in [-0.1, -0.05) is 12.1 Å². The summed E-state index contributed by atoms with van der Waals surface area (Å²) < 4.78 is 25.2. The maximum absolute atomic E-state index is 14.0. The third-order valence-corrected chi connectivity index (χ3v) is 5.11. The second-order valence-electron chi connectivity index (χ2n) is 8.80. The Hall–Kier alpha value is -2.96. The molecule has 3 rings (SSSR count). The van der Waals surface area contributed by atoms with E-state index in [1.54, 1.807) is 17.0 Å². The Balaban J connectivity index is 1.57. The van der Waals surface area contributed by atoms with E-state index in [-0.39, 0.29) is 30.0 Å². The van der Waals surface area contributed by atoms with Crippen molar-refractivity contribution in [3.05, 3.63) is 59.0 Å². The largest absolute Gasteiger partial charge is 0.473 e. The Bertz CT molecular complexity index is 947. The number of benzene rings is 1. The molecule has 0 bridgehead atoms. The van der Waals surface area contributed by atoms with E-state index in [1.807, 2.05) is 32.9 Å². The minimum atomic E-state index is -0.549. The lowest BCUT2D eigenvalue weighted by atomic mass is 9.93. The van der Waals surface area contributed by atoms with Gasteiger partial charge in [0.2, 0.25) is 5.88 Å². The molecular formula is C24H29FN2O4. The minimum Gasteiger partial charge on any atom is -0.473 e. The number of Topliss-reactive ketones (excluding diaryl/α,β-unsaturated/α-hetero) is 1. The van der Waals surface area contributed by atoms with Crippen LogP contribution in [-0.4, -0.2) is 40.5 Å². The number of pyridine rings is 1. The minimum absolute atomic E-state index is 0.0709. The van der Waals surface area contributed by atoms with Gasteiger partial charge in [-0.3, -0.25) is 4.79 Å². The highest BCUT2D eigenvalue weighted by Gasteiger charge is 2.28. The number of hydrogen-bond donors (Lipinski definition) is 0. The average molecular weight is 429 g/mol. The lowest BCUT2D eigenvalue weighted by Gasteiger charge is -2.33. The maximum Gasteiger partial charge on any atom is 0.410 e. The van der Waals surface area contributed by atoms with Crippen LogP contribution in [0.5, 0.6) is 5.88 Å². The quantitative estimate of drug-likeness (QED) is 0.619. The van der Waals surface area contributed by atoms with Crippen LogP contribution in [0, 0.1) is 5.82 Å². The molecule has 2 aromatic rings. The highest BCUT2D eigenvalue weighted by molar-refractivity contribution is 5.94. The molecule has 0 aliphatic carbocycles. The zero-order valence-electron chi connectivity index (χ0n) is 18.5. The molecule has 7 heteroatoms. The van der Waals surface area contributed by atoms with E-state index in [0.717, 1.165) is 18.5 Å². The Labute approximate surface area is 182 Å². The van der Waals surface area contributed by atoms with E-state index in [9.17, 15) is 14.0 Å². The van der Waals surface area contributed by atoms with Gasteiger partial charge in [-0.15, -0.1) is 0 Å². The summed E-state index contributed by atoms with van der Waals surface area (Å²) in [7, 11) is 0. The van der Waals surface area contributed by atoms with Gasteiger partial charge in [-0.25, -0.2) is 14.2 Å². The van der Waals surface area contributed by atoms with Gasteiger partial charge in [-0.05, 0) is 64.3 Å². The fourth-order valence-electron chi connectivity index (χ4n) is 3.51. The molecule has 0 saturated carbocycles. The standard InChI is InChI=1S/C24H29FN2O4/c1-16(28)19-9-8-17(14-20(19)25)15-30-22-7-5-6-21(26-22)18-10-12-27(13-11-18)23(29)31-24(2,3)4/h5-9,14,18H,10-13,15H2,1-4H3. The van der Waals surface area contributed by atoms with E-state index in [1.165, 1.54) is 19.1 Å².